The van der Waals surface area contributed by atoms with Crippen LogP contribution in [0.1, 0.15) is 18.5 Å². The van der Waals surface area contributed by atoms with Crippen molar-refractivity contribution in [2.24, 2.45) is 11.8 Å². The van der Waals surface area contributed by atoms with Crippen molar-refractivity contribution in [2.75, 3.05) is 6.54 Å². The summed E-state index contributed by atoms with van der Waals surface area (Å²) in [6.45, 7) is -0.627. The number of amides is 2. The highest BCUT2D eigenvalue weighted by Gasteiger charge is 2.47. The van der Waals surface area contributed by atoms with E-state index in [1.54, 1.807) is 0 Å². The first-order chi connectivity index (χ1) is 14.5. The third kappa shape index (κ3) is 3.02. The maximum atomic E-state index is 12.5. The van der Waals surface area contributed by atoms with Crippen molar-refractivity contribution in [2.45, 2.75) is 19.4 Å². The zero-order valence-corrected chi connectivity index (χ0v) is 16.6. The molecule has 9 heteroatoms. The predicted molar refractivity (Wildman–Crippen MR) is 109 cm³/mol. The van der Waals surface area contributed by atoms with Gasteiger partial charge >= 0.3 is 5.97 Å². The van der Waals surface area contributed by atoms with Crippen LogP contribution in [0.2, 0.25) is 0 Å². The standard InChI is InChI=1S/C21H17N3O5S/c25-17-9-12(22-21-24(17)15-7-3-4-8-16(15)30-21)11-29-18(26)10-23-19(27)13-5-1-2-6-14(13)20(23)28/h1-4,7-9,13-14H,5-6,10-11H2/t13-,14-/m1/s1. The summed E-state index contributed by atoms with van der Waals surface area (Å²) < 4.78 is 7.66. The Morgan fingerprint density at radius 1 is 1.10 bits per heavy atom. The molecule has 30 heavy (non-hydrogen) atoms. The fraction of sp³-hybridized carbons (Fsp3) is 0.286. The van der Waals surface area contributed by atoms with Crippen LogP contribution in [0.3, 0.4) is 0 Å². The number of nitrogens with zero attached hydrogens (tertiary/aromatic N) is 3. The molecule has 1 saturated heterocycles. The van der Waals surface area contributed by atoms with Crippen LogP contribution in [0.25, 0.3) is 15.2 Å². The fourth-order valence-electron chi connectivity index (χ4n) is 4.05. The minimum absolute atomic E-state index is 0.205. The highest BCUT2D eigenvalue weighted by molar-refractivity contribution is 7.23. The van der Waals surface area contributed by atoms with E-state index < -0.39 is 12.5 Å². The Labute approximate surface area is 174 Å². The van der Waals surface area contributed by atoms with Crippen molar-refractivity contribution in [1.82, 2.24) is 14.3 Å². The summed E-state index contributed by atoms with van der Waals surface area (Å²) >= 11 is 1.37. The maximum Gasteiger partial charge on any atom is 0.326 e. The van der Waals surface area contributed by atoms with Gasteiger partial charge in [-0.15, -0.1) is 0 Å². The van der Waals surface area contributed by atoms with Crippen molar-refractivity contribution >= 4 is 44.3 Å². The van der Waals surface area contributed by atoms with Gasteiger partial charge in [0.15, 0.2) is 4.96 Å². The fourth-order valence-corrected chi connectivity index (χ4v) is 5.10. The maximum absolute atomic E-state index is 12.5. The minimum atomic E-state index is -0.707. The topological polar surface area (TPSA) is 98.0 Å². The molecule has 3 heterocycles. The SMILES string of the molecule is O=C(CN1C(=O)[C@@H]2CC=CC[C@H]2C1=O)OCc1cc(=O)n2c(n1)sc1ccccc12. The van der Waals surface area contributed by atoms with Gasteiger partial charge in [0.25, 0.3) is 5.56 Å². The number of esters is 1. The Balaban J connectivity index is 1.29. The molecule has 2 amide bonds. The Hall–Kier alpha value is -3.33. The van der Waals surface area contributed by atoms with Crippen molar-refractivity contribution in [3.63, 3.8) is 0 Å². The minimum Gasteiger partial charge on any atom is -0.458 e. The van der Waals surface area contributed by atoms with E-state index >= 15 is 0 Å². The number of carbonyl (C=O) groups is 3. The van der Waals surface area contributed by atoms with Gasteiger partial charge in [0.05, 0.1) is 27.7 Å². The summed E-state index contributed by atoms with van der Waals surface area (Å²) in [6, 6.07) is 8.82. The molecule has 3 aromatic rings. The van der Waals surface area contributed by atoms with E-state index in [9.17, 15) is 19.2 Å². The molecule has 0 spiro atoms. The number of ether oxygens (including phenoxy) is 1. The van der Waals surface area contributed by atoms with E-state index in [1.807, 2.05) is 36.4 Å². The third-order valence-corrected chi connectivity index (χ3v) is 6.54. The number of aromatic nitrogens is 2. The quantitative estimate of drug-likeness (QED) is 0.361. The highest BCUT2D eigenvalue weighted by atomic mass is 32.1. The summed E-state index contributed by atoms with van der Waals surface area (Å²) in [4.78, 5) is 55.6. The number of carbonyl (C=O) groups excluding carboxylic acids is 3. The summed E-state index contributed by atoms with van der Waals surface area (Å²) in [5.74, 6) is -2.12. The second-order valence-electron chi connectivity index (χ2n) is 7.35. The van der Waals surface area contributed by atoms with Crippen molar-refractivity contribution < 1.29 is 19.1 Å². The van der Waals surface area contributed by atoms with Crippen LogP contribution in [0, 0.1) is 11.8 Å². The summed E-state index contributed by atoms with van der Waals surface area (Å²) in [6.07, 6.45) is 4.82. The van der Waals surface area contributed by atoms with Crippen LogP contribution in [0.15, 0.2) is 47.3 Å². The molecule has 1 aliphatic heterocycles. The molecule has 8 nitrogen and oxygen atoms in total. The summed E-state index contributed by atoms with van der Waals surface area (Å²) in [7, 11) is 0. The number of imide groups is 1. The molecule has 1 aliphatic carbocycles. The van der Waals surface area contributed by atoms with E-state index in [-0.39, 0.29) is 35.8 Å². The van der Waals surface area contributed by atoms with E-state index in [4.69, 9.17) is 4.74 Å². The first-order valence-corrected chi connectivity index (χ1v) is 10.4. The number of para-hydroxylation sites is 1. The van der Waals surface area contributed by atoms with E-state index in [2.05, 4.69) is 4.98 Å². The summed E-state index contributed by atoms with van der Waals surface area (Å²) in [5.41, 5.74) is 0.836. The third-order valence-electron chi connectivity index (χ3n) is 5.52. The number of hydrogen-bond acceptors (Lipinski definition) is 7. The van der Waals surface area contributed by atoms with Crippen molar-refractivity contribution in [3.8, 4) is 0 Å². The van der Waals surface area contributed by atoms with Crippen LogP contribution in [-0.4, -0.2) is 38.6 Å². The summed E-state index contributed by atoms with van der Waals surface area (Å²) in [5, 5.41) is 0. The predicted octanol–water partition coefficient (Wildman–Crippen LogP) is 1.90. The van der Waals surface area contributed by atoms with Gasteiger partial charge < -0.3 is 4.74 Å². The van der Waals surface area contributed by atoms with Crippen molar-refractivity contribution in [1.29, 1.82) is 0 Å². The molecule has 1 fully saturated rings. The molecule has 0 unspecified atom stereocenters. The van der Waals surface area contributed by atoms with Gasteiger partial charge in [0.1, 0.15) is 13.2 Å². The number of hydrogen-bond donors (Lipinski definition) is 0. The highest BCUT2D eigenvalue weighted by Crippen LogP contribution is 2.34. The van der Waals surface area contributed by atoms with Gasteiger partial charge in [0.2, 0.25) is 11.8 Å². The van der Waals surface area contributed by atoms with Gasteiger partial charge in [0, 0.05) is 6.07 Å². The van der Waals surface area contributed by atoms with Gasteiger partial charge in [-0.25, -0.2) is 4.98 Å². The second-order valence-corrected chi connectivity index (χ2v) is 8.36. The molecular weight excluding hydrogens is 406 g/mol. The van der Waals surface area contributed by atoms with E-state index in [1.165, 1.54) is 21.8 Å². The number of allylic oxidation sites excluding steroid dienone is 2. The molecule has 0 radical (unpaired) electrons. The van der Waals surface area contributed by atoms with Gasteiger partial charge in [-0.05, 0) is 25.0 Å². The van der Waals surface area contributed by atoms with Gasteiger partial charge in [-0.3, -0.25) is 28.5 Å². The first-order valence-electron chi connectivity index (χ1n) is 9.59. The molecule has 0 bridgehead atoms. The number of benzene rings is 1. The largest absolute Gasteiger partial charge is 0.458 e. The number of likely N-dealkylation sites (tertiary alicyclic amines) is 1. The molecule has 0 N–H and O–H groups in total. The number of fused-ring (bicyclic) bond motifs is 4. The van der Waals surface area contributed by atoms with Crippen LogP contribution in [-0.2, 0) is 25.7 Å². The van der Waals surface area contributed by atoms with Crippen LogP contribution in [0.5, 0.6) is 0 Å². The molecule has 2 atom stereocenters. The average Bonchev–Trinajstić information content (AvgIpc) is 3.24. The molecule has 5 rings (SSSR count). The van der Waals surface area contributed by atoms with Crippen LogP contribution in [0.4, 0.5) is 0 Å². The Morgan fingerprint density at radius 3 is 2.53 bits per heavy atom. The smallest absolute Gasteiger partial charge is 0.326 e. The zero-order valence-electron chi connectivity index (χ0n) is 15.8. The molecule has 152 valence electrons. The number of thiazole rings is 1. The van der Waals surface area contributed by atoms with Crippen molar-refractivity contribution in [3.05, 3.63) is 58.5 Å². The lowest BCUT2D eigenvalue weighted by Crippen LogP contribution is -2.36. The molecule has 1 aromatic carbocycles. The molecule has 2 aromatic heterocycles. The zero-order chi connectivity index (χ0) is 20.8. The van der Waals surface area contributed by atoms with Crippen LogP contribution >= 0.6 is 11.3 Å². The second kappa shape index (κ2) is 7.17. The van der Waals surface area contributed by atoms with E-state index in [0.29, 0.717) is 23.5 Å². The average molecular weight is 423 g/mol. The van der Waals surface area contributed by atoms with E-state index in [0.717, 1.165) is 15.1 Å². The lowest BCUT2D eigenvalue weighted by Gasteiger charge is -2.14. The van der Waals surface area contributed by atoms with Gasteiger partial charge in [-0.1, -0.05) is 35.6 Å². The van der Waals surface area contributed by atoms with Gasteiger partial charge in [-0.2, -0.15) is 0 Å². The monoisotopic (exact) mass is 423 g/mol. The first kappa shape index (κ1) is 18.7. The lowest BCUT2D eigenvalue weighted by molar-refractivity contribution is -0.153. The Bertz CT molecular complexity index is 1260. The number of rotatable bonds is 4. The molecule has 2 aliphatic rings. The Kier molecular flexibility index (Phi) is 4.47. The molecular formula is C21H17N3O5S. The lowest BCUT2D eigenvalue weighted by atomic mass is 9.85. The van der Waals surface area contributed by atoms with Crippen LogP contribution < -0.4 is 5.56 Å². The normalized spacial score (nSPS) is 20.9. The Morgan fingerprint density at radius 2 is 1.80 bits per heavy atom. The molecule has 0 saturated carbocycles.